The van der Waals surface area contributed by atoms with Gasteiger partial charge in [-0.25, -0.2) is 0 Å². The molecule has 0 aromatic heterocycles. The Morgan fingerprint density at radius 1 is 0.338 bits per heavy atom. The van der Waals surface area contributed by atoms with Gasteiger partial charge in [-0.15, -0.1) is 0 Å². The molecule has 0 bridgehead atoms. The fourth-order valence-corrected chi connectivity index (χ4v) is 9.93. The molecule has 0 saturated heterocycles. The SMILES string of the molecule is CC/C=C\C/C=C\C/C=C\C/C=C\C/C=C\CCCCCCCCCCCCCCCCCCCCCCCCCC(=O)NC(CO)C(O)/C=C/CC/C=C/CCCCCCCCCCCCCCCCCCC. The second-order valence-corrected chi connectivity index (χ2v) is 22.1. The number of aliphatic hydroxyl groups excluding tert-OH is 2. The van der Waals surface area contributed by atoms with E-state index in [4.69, 9.17) is 0 Å². The number of allylic oxidation sites excluding steroid dienone is 13. The average Bonchev–Trinajstić information content (AvgIpc) is 3.40. The Labute approximate surface area is 462 Å². The zero-order valence-corrected chi connectivity index (χ0v) is 49.6. The molecule has 4 nitrogen and oxygen atoms in total. The van der Waals surface area contributed by atoms with E-state index in [1.54, 1.807) is 6.08 Å². The second kappa shape index (κ2) is 64.9. The van der Waals surface area contributed by atoms with Crippen molar-refractivity contribution < 1.29 is 15.0 Å². The summed E-state index contributed by atoms with van der Waals surface area (Å²) in [4.78, 5) is 12.5. The molecule has 0 rings (SSSR count). The number of hydrogen-bond acceptors (Lipinski definition) is 3. The molecule has 4 heteroatoms. The van der Waals surface area contributed by atoms with Crippen molar-refractivity contribution in [3.8, 4) is 0 Å². The molecular formula is C70H127NO3. The maximum absolute atomic E-state index is 12.5. The van der Waals surface area contributed by atoms with Gasteiger partial charge in [-0.3, -0.25) is 4.79 Å². The maximum Gasteiger partial charge on any atom is 0.220 e. The van der Waals surface area contributed by atoms with E-state index in [9.17, 15) is 15.0 Å². The van der Waals surface area contributed by atoms with Gasteiger partial charge in [0.1, 0.15) is 0 Å². The first-order valence-electron chi connectivity index (χ1n) is 32.8. The summed E-state index contributed by atoms with van der Waals surface area (Å²) in [6.07, 6.45) is 95.1. The molecule has 0 aliphatic carbocycles. The molecule has 1 amide bonds. The Morgan fingerprint density at radius 2 is 0.608 bits per heavy atom. The molecular weight excluding hydrogens is 903 g/mol. The first kappa shape index (κ1) is 71.6. The molecule has 2 unspecified atom stereocenters. The van der Waals surface area contributed by atoms with Crippen LogP contribution in [0.3, 0.4) is 0 Å². The molecule has 0 aliphatic heterocycles. The van der Waals surface area contributed by atoms with Crippen molar-refractivity contribution in [3.05, 3.63) is 85.1 Å². The summed E-state index contributed by atoms with van der Waals surface area (Å²) >= 11 is 0. The zero-order chi connectivity index (χ0) is 53.4. The summed E-state index contributed by atoms with van der Waals surface area (Å²) < 4.78 is 0. The van der Waals surface area contributed by atoms with E-state index in [-0.39, 0.29) is 12.5 Å². The highest BCUT2D eigenvalue weighted by atomic mass is 16.3. The minimum absolute atomic E-state index is 0.0692. The summed E-state index contributed by atoms with van der Waals surface area (Å²) in [5.41, 5.74) is 0. The van der Waals surface area contributed by atoms with Crippen LogP contribution in [0.5, 0.6) is 0 Å². The number of carbonyl (C=O) groups is 1. The van der Waals surface area contributed by atoms with Gasteiger partial charge in [-0.1, -0.05) is 336 Å². The predicted octanol–water partition coefficient (Wildman–Crippen LogP) is 22.3. The van der Waals surface area contributed by atoms with Gasteiger partial charge in [0.15, 0.2) is 0 Å². The highest BCUT2D eigenvalue weighted by molar-refractivity contribution is 5.76. The highest BCUT2D eigenvalue weighted by Gasteiger charge is 2.18. The largest absolute Gasteiger partial charge is 0.394 e. The van der Waals surface area contributed by atoms with Crippen LogP contribution in [-0.2, 0) is 4.79 Å². The van der Waals surface area contributed by atoms with Gasteiger partial charge in [0.25, 0.3) is 0 Å². The summed E-state index contributed by atoms with van der Waals surface area (Å²) in [6.45, 7) is 4.21. The monoisotopic (exact) mass is 1030 g/mol. The maximum atomic E-state index is 12.5. The number of unbranched alkanes of at least 4 members (excludes halogenated alkanes) is 41. The van der Waals surface area contributed by atoms with Crippen molar-refractivity contribution in [2.75, 3.05) is 6.61 Å². The zero-order valence-electron chi connectivity index (χ0n) is 49.6. The van der Waals surface area contributed by atoms with Crippen LogP contribution in [-0.4, -0.2) is 34.9 Å². The van der Waals surface area contributed by atoms with Crippen LogP contribution in [0.2, 0.25) is 0 Å². The average molecular weight is 1030 g/mol. The quantitative estimate of drug-likeness (QED) is 0.0420. The third-order valence-electron chi connectivity index (χ3n) is 14.9. The minimum atomic E-state index is -0.865. The van der Waals surface area contributed by atoms with E-state index >= 15 is 0 Å². The van der Waals surface area contributed by atoms with E-state index in [0.717, 1.165) is 64.2 Å². The van der Waals surface area contributed by atoms with Crippen molar-refractivity contribution in [1.82, 2.24) is 5.32 Å². The Balaban J connectivity index is 3.46. The van der Waals surface area contributed by atoms with Crippen LogP contribution in [0.25, 0.3) is 0 Å². The van der Waals surface area contributed by atoms with Crippen molar-refractivity contribution in [2.45, 2.75) is 347 Å². The Bertz CT molecular complexity index is 1310. The molecule has 0 fully saturated rings. The van der Waals surface area contributed by atoms with Gasteiger partial charge in [0, 0.05) is 6.42 Å². The van der Waals surface area contributed by atoms with E-state index in [1.165, 1.54) is 250 Å². The van der Waals surface area contributed by atoms with Crippen LogP contribution >= 0.6 is 0 Å². The van der Waals surface area contributed by atoms with Crippen LogP contribution < -0.4 is 5.32 Å². The number of nitrogens with one attached hydrogen (secondary N) is 1. The van der Waals surface area contributed by atoms with E-state index < -0.39 is 12.1 Å². The van der Waals surface area contributed by atoms with E-state index in [0.29, 0.717) is 6.42 Å². The summed E-state index contributed by atoms with van der Waals surface area (Å²) in [5.74, 6) is -0.0692. The van der Waals surface area contributed by atoms with Crippen molar-refractivity contribution >= 4 is 5.91 Å². The molecule has 0 saturated carbocycles. The number of rotatable bonds is 60. The van der Waals surface area contributed by atoms with Crippen LogP contribution in [0.1, 0.15) is 335 Å². The molecule has 2 atom stereocenters. The van der Waals surface area contributed by atoms with Gasteiger partial charge < -0.3 is 15.5 Å². The molecule has 74 heavy (non-hydrogen) atoms. The van der Waals surface area contributed by atoms with Gasteiger partial charge in [0.05, 0.1) is 18.8 Å². The highest BCUT2D eigenvalue weighted by Crippen LogP contribution is 2.18. The number of hydrogen-bond donors (Lipinski definition) is 3. The third-order valence-corrected chi connectivity index (χ3v) is 14.9. The molecule has 430 valence electrons. The third kappa shape index (κ3) is 60.4. The summed E-state index contributed by atoms with van der Waals surface area (Å²) in [5, 5.41) is 23.2. The van der Waals surface area contributed by atoms with Gasteiger partial charge in [-0.05, 0) is 77.0 Å². The lowest BCUT2D eigenvalue weighted by atomic mass is 10.0. The summed E-state index contributed by atoms with van der Waals surface area (Å²) in [7, 11) is 0. The number of carbonyl (C=O) groups excluding carboxylic acids is 1. The van der Waals surface area contributed by atoms with Crippen LogP contribution in [0.4, 0.5) is 0 Å². The molecule has 0 aromatic carbocycles. The van der Waals surface area contributed by atoms with Crippen LogP contribution in [0.15, 0.2) is 85.1 Å². The van der Waals surface area contributed by atoms with E-state index in [1.807, 2.05) is 6.08 Å². The van der Waals surface area contributed by atoms with Gasteiger partial charge in [-0.2, -0.15) is 0 Å². The molecule has 3 N–H and O–H groups in total. The van der Waals surface area contributed by atoms with Crippen molar-refractivity contribution in [3.63, 3.8) is 0 Å². The number of aliphatic hydroxyl groups is 2. The molecule has 0 aromatic rings. The first-order valence-corrected chi connectivity index (χ1v) is 32.8. The molecule has 0 heterocycles. The lowest BCUT2D eigenvalue weighted by Gasteiger charge is -2.19. The summed E-state index contributed by atoms with van der Waals surface area (Å²) in [6, 6.07) is -0.641. The fraction of sp³-hybridized carbons (Fsp3) is 0.786. The predicted molar refractivity (Wildman–Crippen MR) is 331 cm³/mol. The van der Waals surface area contributed by atoms with Crippen molar-refractivity contribution in [2.24, 2.45) is 0 Å². The normalized spacial score (nSPS) is 13.3. The second-order valence-electron chi connectivity index (χ2n) is 22.1. The molecule has 0 radical (unpaired) electrons. The standard InChI is InChI=1S/C70H127NO3/c1-3-5-7-9-11-13-15-17-19-21-23-25-27-28-29-30-31-32-33-34-35-36-37-38-39-40-41-42-44-46-48-50-52-54-56-58-60-62-64-66-70(74)71-68(67-72)69(73)65-63-61-59-57-55-53-51-49-47-45-43-26-24-22-20-18-16-14-12-10-8-6-4-2/h5,7,11,13,17,19,23,25,28-29,55,57,63,65,68-69,72-73H,3-4,6,8-10,12,14-16,18,20-22,24,26-27,30-54,56,58-62,64,66-67H2,1-2H3,(H,71,74)/b7-5-,13-11-,19-17-,25-23-,29-28-,57-55+,65-63+. The lowest BCUT2D eigenvalue weighted by Crippen LogP contribution is -2.45. The van der Waals surface area contributed by atoms with Crippen LogP contribution in [0, 0.1) is 0 Å². The lowest BCUT2D eigenvalue weighted by molar-refractivity contribution is -0.123. The molecule has 0 aliphatic rings. The Morgan fingerprint density at radius 3 is 0.946 bits per heavy atom. The Hall–Kier alpha value is -2.43. The molecule has 0 spiro atoms. The van der Waals surface area contributed by atoms with E-state index in [2.05, 4.69) is 92.1 Å². The topological polar surface area (TPSA) is 69.6 Å². The van der Waals surface area contributed by atoms with Crippen molar-refractivity contribution in [1.29, 1.82) is 0 Å². The minimum Gasteiger partial charge on any atom is -0.394 e. The Kier molecular flexibility index (Phi) is 62.7. The smallest absolute Gasteiger partial charge is 0.220 e. The fourth-order valence-electron chi connectivity index (χ4n) is 9.93. The van der Waals surface area contributed by atoms with Gasteiger partial charge >= 0.3 is 0 Å². The van der Waals surface area contributed by atoms with Gasteiger partial charge in [0.2, 0.25) is 5.91 Å². The first-order chi connectivity index (χ1) is 36.7. The number of amides is 1.